The summed E-state index contributed by atoms with van der Waals surface area (Å²) in [5, 5.41) is 0. The zero-order chi connectivity index (χ0) is 7.40. The maximum absolute atomic E-state index is 10.6. The van der Waals surface area contributed by atoms with Crippen LogP contribution in [0.4, 0.5) is 0 Å². The lowest BCUT2D eigenvalue weighted by Crippen LogP contribution is -1.99. The number of carbonyl (C=O) groups is 1. The fourth-order valence-corrected chi connectivity index (χ4v) is 0.749. The number of hydrogen-bond acceptors (Lipinski definition) is 3. The number of rotatable bonds is 2. The molecule has 0 saturated heterocycles. The van der Waals surface area contributed by atoms with Crippen molar-refractivity contribution < 1.29 is 9.53 Å². The summed E-state index contributed by atoms with van der Waals surface area (Å²) in [6, 6.07) is 0. The van der Waals surface area contributed by atoms with Gasteiger partial charge in [0, 0.05) is 18.3 Å². The molecular formula is C7H9NO2. The van der Waals surface area contributed by atoms with Gasteiger partial charge in [-0.15, -0.1) is 0 Å². The van der Waals surface area contributed by atoms with Gasteiger partial charge in [0.2, 0.25) is 0 Å². The van der Waals surface area contributed by atoms with E-state index in [-0.39, 0.29) is 5.97 Å². The first-order valence-electron chi connectivity index (χ1n) is 3.11. The summed E-state index contributed by atoms with van der Waals surface area (Å²) in [5.74, 6) is -0.231. The highest BCUT2D eigenvalue weighted by Gasteiger charge is 2.05. The first-order chi connectivity index (χ1) is 4.83. The molecular weight excluding hydrogens is 130 g/mol. The van der Waals surface area contributed by atoms with Gasteiger partial charge in [-0.3, -0.25) is 9.79 Å². The molecule has 0 aliphatic carbocycles. The number of aliphatic imine (C=N–C) groups is 1. The number of allylic oxidation sites excluding steroid dienone is 1. The minimum Gasteiger partial charge on any atom is -0.469 e. The Morgan fingerprint density at radius 2 is 2.70 bits per heavy atom. The monoisotopic (exact) mass is 139 g/mol. The molecule has 1 heterocycles. The van der Waals surface area contributed by atoms with Gasteiger partial charge in [0.15, 0.2) is 0 Å². The van der Waals surface area contributed by atoms with Gasteiger partial charge in [-0.25, -0.2) is 0 Å². The molecule has 0 spiro atoms. The number of nitrogens with zero attached hydrogens (tertiary/aromatic N) is 1. The Bertz CT molecular complexity index is 194. The molecule has 0 saturated carbocycles. The molecule has 0 amide bonds. The average molecular weight is 139 g/mol. The quantitative estimate of drug-likeness (QED) is 0.533. The molecule has 0 fully saturated rings. The van der Waals surface area contributed by atoms with Gasteiger partial charge in [-0.05, 0) is 0 Å². The van der Waals surface area contributed by atoms with Gasteiger partial charge in [-0.1, -0.05) is 6.08 Å². The topological polar surface area (TPSA) is 38.7 Å². The van der Waals surface area contributed by atoms with Crippen LogP contribution in [0, 0.1) is 0 Å². The average Bonchev–Trinajstić information content (AvgIpc) is 2.40. The number of esters is 1. The smallest absolute Gasteiger partial charge is 0.311 e. The highest BCUT2D eigenvalue weighted by Crippen LogP contribution is 2.09. The van der Waals surface area contributed by atoms with E-state index in [0.29, 0.717) is 6.42 Å². The summed E-state index contributed by atoms with van der Waals surface area (Å²) < 4.78 is 4.46. The maximum atomic E-state index is 10.6. The first-order valence-corrected chi connectivity index (χ1v) is 3.11. The number of hydrogen-bond donors (Lipinski definition) is 0. The van der Waals surface area contributed by atoms with Crippen LogP contribution < -0.4 is 0 Å². The minimum absolute atomic E-state index is 0.231. The molecule has 0 aromatic rings. The van der Waals surface area contributed by atoms with E-state index in [0.717, 1.165) is 12.1 Å². The maximum Gasteiger partial charge on any atom is 0.311 e. The predicted molar refractivity (Wildman–Crippen MR) is 37.8 cm³/mol. The van der Waals surface area contributed by atoms with Crippen molar-refractivity contribution in [3.63, 3.8) is 0 Å². The third kappa shape index (κ3) is 1.69. The van der Waals surface area contributed by atoms with Gasteiger partial charge in [0.1, 0.15) is 0 Å². The highest BCUT2D eigenvalue weighted by molar-refractivity contribution is 5.75. The second-order valence-electron chi connectivity index (χ2n) is 2.00. The van der Waals surface area contributed by atoms with Crippen molar-refractivity contribution in [3.8, 4) is 0 Å². The van der Waals surface area contributed by atoms with E-state index in [1.165, 1.54) is 7.11 Å². The molecule has 1 aliphatic rings. The molecule has 1 rings (SSSR count). The molecule has 0 aromatic carbocycles. The fraction of sp³-hybridized carbons (Fsp3) is 0.429. The second-order valence-corrected chi connectivity index (χ2v) is 2.00. The van der Waals surface area contributed by atoms with Crippen LogP contribution in [0.2, 0.25) is 0 Å². The SMILES string of the molecule is COC(=O)CC1=CCC=N1. The molecule has 0 atom stereocenters. The Hall–Kier alpha value is -1.12. The predicted octanol–water partition coefficient (Wildman–Crippen LogP) is 0.908. The van der Waals surface area contributed by atoms with Gasteiger partial charge >= 0.3 is 5.97 Å². The lowest BCUT2D eigenvalue weighted by molar-refractivity contribution is -0.139. The first kappa shape index (κ1) is 6.99. The van der Waals surface area contributed by atoms with Crippen molar-refractivity contribution in [1.82, 2.24) is 0 Å². The van der Waals surface area contributed by atoms with Gasteiger partial charge in [0.05, 0.1) is 13.5 Å². The van der Waals surface area contributed by atoms with Crippen LogP contribution in [0.15, 0.2) is 16.8 Å². The van der Waals surface area contributed by atoms with Crippen LogP contribution in [-0.4, -0.2) is 19.3 Å². The summed E-state index contributed by atoms with van der Waals surface area (Å²) in [6.07, 6.45) is 4.83. The Morgan fingerprint density at radius 1 is 1.90 bits per heavy atom. The summed E-state index contributed by atoms with van der Waals surface area (Å²) in [4.78, 5) is 14.6. The van der Waals surface area contributed by atoms with Gasteiger partial charge < -0.3 is 4.74 Å². The standard InChI is InChI=1S/C7H9NO2/c1-10-7(9)5-6-3-2-4-8-6/h3-4H,2,5H2,1H3. The summed E-state index contributed by atoms with van der Waals surface area (Å²) in [7, 11) is 1.38. The van der Waals surface area contributed by atoms with E-state index in [4.69, 9.17) is 0 Å². The summed E-state index contributed by atoms with van der Waals surface area (Å²) in [6.45, 7) is 0. The van der Waals surface area contributed by atoms with Crippen molar-refractivity contribution in [3.05, 3.63) is 11.8 Å². The van der Waals surface area contributed by atoms with Gasteiger partial charge in [-0.2, -0.15) is 0 Å². The third-order valence-corrected chi connectivity index (χ3v) is 1.27. The fourth-order valence-electron chi connectivity index (χ4n) is 0.749. The number of carbonyl (C=O) groups excluding carboxylic acids is 1. The molecule has 0 unspecified atom stereocenters. The lowest BCUT2D eigenvalue weighted by Gasteiger charge is -1.95. The summed E-state index contributed by atoms with van der Waals surface area (Å²) >= 11 is 0. The Balaban J connectivity index is 2.38. The summed E-state index contributed by atoms with van der Waals surface area (Å²) in [5.41, 5.74) is 0.812. The van der Waals surface area contributed by atoms with Crippen molar-refractivity contribution in [2.24, 2.45) is 4.99 Å². The van der Waals surface area contributed by atoms with E-state index in [9.17, 15) is 4.79 Å². The zero-order valence-corrected chi connectivity index (χ0v) is 5.83. The molecule has 3 heteroatoms. The Labute approximate surface area is 59.4 Å². The van der Waals surface area contributed by atoms with Crippen molar-refractivity contribution >= 4 is 12.2 Å². The second kappa shape index (κ2) is 3.15. The molecule has 10 heavy (non-hydrogen) atoms. The van der Waals surface area contributed by atoms with E-state index < -0.39 is 0 Å². The minimum atomic E-state index is -0.231. The van der Waals surface area contributed by atoms with Crippen LogP contribution in [0.3, 0.4) is 0 Å². The molecule has 0 radical (unpaired) electrons. The van der Waals surface area contributed by atoms with Crippen LogP contribution in [0.25, 0.3) is 0 Å². The molecule has 1 aliphatic heterocycles. The molecule has 54 valence electrons. The van der Waals surface area contributed by atoms with Gasteiger partial charge in [0.25, 0.3) is 0 Å². The molecule has 0 N–H and O–H groups in total. The normalized spacial score (nSPS) is 15.1. The Kier molecular flexibility index (Phi) is 2.20. The third-order valence-electron chi connectivity index (χ3n) is 1.27. The largest absolute Gasteiger partial charge is 0.469 e. The number of methoxy groups -OCH3 is 1. The van der Waals surface area contributed by atoms with Crippen LogP contribution in [0.5, 0.6) is 0 Å². The van der Waals surface area contributed by atoms with Crippen molar-refractivity contribution in [1.29, 1.82) is 0 Å². The van der Waals surface area contributed by atoms with Crippen LogP contribution in [-0.2, 0) is 9.53 Å². The van der Waals surface area contributed by atoms with Crippen LogP contribution >= 0.6 is 0 Å². The van der Waals surface area contributed by atoms with Crippen molar-refractivity contribution in [2.45, 2.75) is 12.8 Å². The molecule has 0 bridgehead atoms. The molecule has 3 nitrogen and oxygen atoms in total. The van der Waals surface area contributed by atoms with E-state index in [1.54, 1.807) is 6.21 Å². The highest BCUT2D eigenvalue weighted by atomic mass is 16.5. The Morgan fingerprint density at radius 3 is 3.20 bits per heavy atom. The number of ether oxygens (including phenoxy) is 1. The lowest BCUT2D eigenvalue weighted by atomic mass is 10.3. The van der Waals surface area contributed by atoms with E-state index in [2.05, 4.69) is 9.73 Å². The van der Waals surface area contributed by atoms with Crippen molar-refractivity contribution in [2.75, 3.05) is 7.11 Å². The molecule has 0 aromatic heterocycles. The van der Waals surface area contributed by atoms with Crippen LogP contribution in [0.1, 0.15) is 12.8 Å². The van der Waals surface area contributed by atoms with E-state index in [1.807, 2.05) is 6.08 Å². The zero-order valence-electron chi connectivity index (χ0n) is 5.83. The van der Waals surface area contributed by atoms with E-state index >= 15 is 0 Å².